The summed E-state index contributed by atoms with van der Waals surface area (Å²) in [5.74, 6) is 0. The second kappa shape index (κ2) is 8.38. The molecule has 2 heteroatoms. The number of nitrogens with zero attached hydrogens (tertiary/aromatic N) is 1. The molecule has 2 nitrogen and oxygen atoms in total. The Morgan fingerprint density at radius 1 is 1.05 bits per heavy atom. The molecule has 1 atom stereocenters. The van der Waals surface area contributed by atoms with Gasteiger partial charge in [-0.25, -0.2) is 0 Å². The molecule has 0 amide bonds. The SMILES string of the molecule is CCCCCC(C)NCCN1CCC2(CCCC2)CC1. The van der Waals surface area contributed by atoms with Gasteiger partial charge in [0, 0.05) is 19.1 Å². The molecule has 1 heterocycles. The summed E-state index contributed by atoms with van der Waals surface area (Å²) in [5, 5.41) is 3.71. The molecule has 1 aliphatic heterocycles. The van der Waals surface area contributed by atoms with Crippen LogP contribution in [0, 0.1) is 5.41 Å². The fraction of sp³-hybridized carbons (Fsp3) is 1.00. The standard InChI is InChI=1S/C18H36N2/c1-3-4-5-8-17(2)19-13-16-20-14-11-18(12-15-20)9-6-7-10-18/h17,19H,3-16H2,1-2H3. The van der Waals surface area contributed by atoms with Gasteiger partial charge in [0.05, 0.1) is 0 Å². The van der Waals surface area contributed by atoms with Crippen molar-refractivity contribution in [2.45, 2.75) is 84.1 Å². The molecular formula is C18H36N2. The molecule has 1 spiro atoms. The van der Waals surface area contributed by atoms with E-state index in [1.54, 1.807) is 0 Å². The van der Waals surface area contributed by atoms with Crippen molar-refractivity contribution in [2.24, 2.45) is 5.41 Å². The van der Waals surface area contributed by atoms with Crippen LogP contribution in [0.1, 0.15) is 78.1 Å². The highest BCUT2D eigenvalue weighted by molar-refractivity contribution is 4.89. The molecule has 1 aliphatic carbocycles. The van der Waals surface area contributed by atoms with Crippen LogP contribution < -0.4 is 5.32 Å². The second-order valence-electron chi connectivity index (χ2n) is 7.40. The molecule has 1 saturated heterocycles. The van der Waals surface area contributed by atoms with E-state index >= 15 is 0 Å². The Hall–Kier alpha value is -0.0800. The van der Waals surface area contributed by atoms with E-state index < -0.39 is 0 Å². The topological polar surface area (TPSA) is 15.3 Å². The zero-order valence-corrected chi connectivity index (χ0v) is 13.9. The minimum absolute atomic E-state index is 0.701. The van der Waals surface area contributed by atoms with E-state index in [1.807, 2.05) is 0 Å². The van der Waals surface area contributed by atoms with Gasteiger partial charge in [-0.2, -0.15) is 0 Å². The molecule has 1 N–H and O–H groups in total. The van der Waals surface area contributed by atoms with Crippen molar-refractivity contribution in [3.05, 3.63) is 0 Å². The van der Waals surface area contributed by atoms with Gasteiger partial charge in [-0.15, -0.1) is 0 Å². The fourth-order valence-corrected chi connectivity index (χ4v) is 4.15. The van der Waals surface area contributed by atoms with Crippen molar-refractivity contribution in [1.29, 1.82) is 0 Å². The van der Waals surface area contributed by atoms with Crippen molar-refractivity contribution in [1.82, 2.24) is 10.2 Å². The summed E-state index contributed by atoms with van der Waals surface area (Å²) in [6.45, 7) is 9.78. The largest absolute Gasteiger partial charge is 0.313 e. The first-order valence-corrected chi connectivity index (χ1v) is 9.20. The summed E-state index contributed by atoms with van der Waals surface area (Å²) in [5.41, 5.74) is 0.775. The Morgan fingerprint density at radius 2 is 1.75 bits per heavy atom. The summed E-state index contributed by atoms with van der Waals surface area (Å²) >= 11 is 0. The van der Waals surface area contributed by atoms with E-state index in [9.17, 15) is 0 Å². The summed E-state index contributed by atoms with van der Waals surface area (Å²) in [6, 6.07) is 0.701. The lowest BCUT2D eigenvalue weighted by Gasteiger charge is -2.39. The molecular weight excluding hydrogens is 244 g/mol. The monoisotopic (exact) mass is 280 g/mol. The average molecular weight is 280 g/mol. The Morgan fingerprint density at radius 3 is 2.40 bits per heavy atom. The maximum atomic E-state index is 3.71. The third-order valence-electron chi connectivity index (χ3n) is 5.74. The van der Waals surface area contributed by atoms with Gasteiger partial charge in [-0.1, -0.05) is 39.0 Å². The lowest BCUT2D eigenvalue weighted by molar-refractivity contribution is 0.108. The average Bonchev–Trinajstić information content (AvgIpc) is 2.90. The molecule has 2 aliphatic rings. The summed E-state index contributed by atoms with van der Waals surface area (Å²) < 4.78 is 0. The third-order valence-corrected chi connectivity index (χ3v) is 5.74. The minimum atomic E-state index is 0.701. The fourth-order valence-electron chi connectivity index (χ4n) is 4.15. The molecule has 20 heavy (non-hydrogen) atoms. The van der Waals surface area contributed by atoms with Crippen LogP contribution in [0.4, 0.5) is 0 Å². The normalized spacial score (nSPS) is 24.3. The van der Waals surface area contributed by atoms with Crippen molar-refractivity contribution in [2.75, 3.05) is 26.2 Å². The Kier molecular flexibility index (Phi) is 6.83. The number of unbranched alkanes of at least 4 members (excludes halogenated alkanes) is 2. The Bertz CT molecular complexity index is 248. The summed E-state index contributed by atoms with van der Waals surface area (Å²) in [6.07, 6.45) is 14.4. The van der Waals surface area contributed by atoms with E-state index in [0.717, 1.165) is 5.41 Å². The van der Waals surface area contributed by atoms with Gasteiger partial charge in [0.1, 0.15) is 0 Å². The maximum absolute atomic E-state index is 3.71. The Labute approximate surface area is 126 Å². The molecule has 2 rings (SSSR count). The number of rotatable bonds is 8. The van der Waals surface area contributed by atoms with Crippen molar-refractivity contribution < 1.29 is 0 Å². The maximum Gasteiger partial charge on any atom is 0.0107 e. The van der Waals surface area contributed by atoms with E-state index in [2.05, 4.69) is 24.1 Å². The highest BCUT2D eigenvalue weighted by Gasteiger charge is 2.36. The predicted molar refractivity (Wildman–Crippen MR) is 88.2 cm³/mol. The smallest absolute Gasteiger partial charge is 0.0107 e. The first kappa shape index (κ1) is 16.3. The minimum Gasteiger partial charge on any atom is -0.313 e. The van der Waals surface area contributed by atoms with E-state index in [-0.39, 0.29) is 0 Å². The van der Waals surface area contributed by atoms with Crippen LogP contribution in [0.3, 0.4) is 0 Å². The van der Waals surface area contributed by atoms with Crippen LogP contribution in [0.2, 0.25) is 0 Å². The number of nitrogens with one attached hydrogen (secondary N) is 1. The van der Waals surface area contributed by atoms with E-state index in [1.165, 1.54) is 90.4 Å². The first-order valence-electron chi connectivity index (χ1n) is 9.20. The Balaban J connectivity index is 1.52. The van der Waals surface area contributed by atoms with Gasteiger partial charge in [-0.3, -0.25) is 0 Å². The molecule has 0 aromatic heterocycles. The van der Waals surface area contributed by atoms with Crippen molar-refractivity contribution >= 4 is 0 Å². The quantitative estimate of drug-likeness (QED) is 0.670. The van der Waals surface area contributed by atoms with Gasteiger partial charge in [0.2, 0.25) is 0 Å². The van der Waals surface area contributed by atoms with E-state index in [0.29, 0.717) is 6.04 Å². The number of likely N-dealkylation sites (tertiary alicyclic amines) is 1. The predicted octanol–water partition coefficient (Wildman–Crippen LogP) is 4.20. The van der Waals surface area contributed by atoms with Crippen LogP contribution >= 0.6 is 0 Å². The van der Waals surface area contributed by atoms with Crippen LogP contribution in [0.15, 0.2) is 0 Å². The second-order valence-corrected chi connectivity index (χ2v) is 7.40. The van der Waals surface area contributed by atoms with Crippen LogP contribution in [0.5, 0.6) is 0 Å². The number of hydrogen-bond donors (Lipinski definition) is 1. The van der Waals surface area contributed by atoms with Gasteiger partial charge in [-0.05, 0) is 57.5 Å². The molecule has 2 fully saturated rings. The molecule has 0 radical (unpaired) electrons. The van der Waals surface area contributed by atoms with Crippen LogP contribution in [-0.2, 0) is 0 Å². The van der Waals surface area contributed by atoms with Gasteiger partial charge >= 0.3 is 0 Å². The molecule has 118 valence electrons. The molecule has 1 unspecified atom stereocenters. The summed E-state index contributed by atoms with van der Waals surface area (Å²) in [7, 11) is 0. The third kappa shape index (κ3) is 5.04. The van der Waals surface area contributed by atoms with Gasteiger partial charge < -0.3 is 10.2 Å². The lowest BCUT2D eigenvalue weighted by atomic mass is 9.77. The highest BCUT2D eigenvalue weighted by Crippen LogP contribution is 2.45. The van der Waals surface area contributed by atoms with Gasteiger partial charge in [0.15, 0.2) is 0 Å². The van der Waals surface area contributed by atoms with Crippen molar-refractivity contribution in [3.63, 3.8) is 0 Å². The summed E-state index contributed by atoms with van der Waals surface area (Å²) in [4.78, 5) is 2.69. The molecule has 1 saturated carbocycles. The number of hydrogen-bond acceptors (Lipinski definition) is 2. The number of piperidine rings is 1. The zero-order chi connectivity index (χ0) is 14.3. The van der Waals surface area contributed by atoms with E-state index in [4.69, 9.17) is 0 Å². The molecule has 0 aromatic rings. The first-order chi connectivity index (χ1) is 9.74. The molecule has 0 bridgehead atoms. The van der Waals surface area contributed by atoms with Crippen LogP contribution in [-0.4, -0.2) is 37.1 Å². The van der Waals surface area contributed by atoms with Crippen molar-refractivity contribution in [3.8, 4) is 0 Å². The lowest BCUT2D eigenvalue weighted by Crippen LogP contribution is -2.42. The van der Waals surface area contributed by atoms with Crippen LogP contribution in [0.25, 0.3) is 0 Å². The molecule has 0 aromatic carbocycles. The zero-order valence-electron chi connectivity index (χ0n) is 13.9. The highest BCUT2D eigenvalue weighted by atomic mass is 15.1. The van der Waals surface area contributed by atoms with Gasteiger partial charge in [0.25, 0.3) is 0 Å².